The number of benzene rings is 2. The van der Waals surface area contributed by atoms with Gasteiger partial charge in [0.05, 0.1) is 0 Å². The molecule has 3 N–H and O–H groups in total. The van der Waals surface area contributed by atoms with Gasteiger partial charge in [0.1, 0.15) is 0 Å². The number of fused-ring (bicyclic) bond motifs is 1. The first kappa shape index (κ1) is 17.9. The fraction of sp³-hybridized carbons (Fsp3) is 0.350. The number of amides is 3. The lowest BCUT2D eigenvalue weighted by Crippen LogP contribution is -2.42. The molecule has 1 heterocycles. The van der Waals surface area contributed by atoms with E-state index < -0.39 is 0 Å². The Morgan fingerprint density at radius 1 is 1.04 bits per heavy atom. The molecular weight excluding hydrogens is 330 g/mol. The minimum absolute atomic E-state index is 0.00766. The number of primary amides is 1. The van der Waals surface area contributed by atoms with Crippen LogP contribution in [0.5, 0.6) is 0 Å². The van der Waals surface area contributed by atoms with E-state index in [2.05, 4.69) is 5.32 Å². The summed E-state index contributed by atoms with van der Waals surface area (Å²) in [6.07, 6.45) is 1.48. The topological polar surface area (TPSA) is 92.5 Å². The van der Waals surface area contributed by atoms with Gasteiger partial charge in [-0.3, -0.25) is 14.4 Å². The average molecular weight is 353 g/mol. The summed E-state index contributed by atoms with van der Waals surface area (Å²) in [5.74, 6) is -0.617. The number of carbonyl (C=O) groups excluding carboxylic acids is 3. The van der Waals surface area contributed by atoms with E-state index in [1.54, 1.807) is 11.0 Å². The second-order valence-corrected chi connectivity index (χ2v) is 6.63. The first-order valence-electron chi connectivity index (χ1n) is 8.88. The minimum atomic E-state index is -0.292. The van der Waals surface area contributed by atoms with Crippen LogP contribution in [0.1, 0.15) is 29.6 Å². The third kappa shape index (κ3) is 4.20. The van der Waals surface area contributed by atoms with Gasteiger partial charge >= 0.3 is 0 Å². The van der Waals surface area contributed by atoms with Crippen LogP contribution in [0, 0.1) is 5.92 Å². The minimum Gasteiger partial charge on any atom is -0.369 e. The van der Waals surface area contributed by atoms with Gasteiger partial charge in [0, 0.05) is 37.5 Å². The molecule has 26 heavy (non-hydrogen) atoms. The van der Waals surface area contributed by atoms with Gasteiger partial charge < -0.3 is 16.0 Å². The molecule has 0 radical (unpaired) electrons. The zero-order valence-electron chi connectivity index (χ0n) is 14.6. The summed E-state index contributed by atoms with van der Waals surface area (Å²) in [6.45, 7) is 1.39. The highest BCUT2D eigenvalue weighted by atomic mass is 16.2. The summed E-state index contributed by atoms with van der Waals surface area (Å²) in [4.78, 5) is 37.4. The number of nitrogens with zero attached hydrogens (tertiary/aromatic N) is 1. The first-order valence-corrected chi connectivity index (χ1v) is 8.88. The van der Waals surface area contributed by atoms with E-state index in [-0.39, 0.29) is 30.1 Å². The molecular formula is C20H23N3O3. The molecule has 136 valence electrons. The Balaban J connectivity index is 1.47. The Bertz CT molecular complexity index is 826. The largest absolute Gasteiger partial charge is 0.369 e. The van der Waals surface area contributed by atoms with E-state index >= 15 is 0 Å². The molecule has 1 saturated heterocycles. The normalized spacial score (nSPS) is 15.0. The molecule has 0 aromatic heterocycles. The number of carbonyl (C=O) groups is 3. The van der Waals surface area contributed by atoms with Crippen LogP contribution in [0.3, 0.4) is 0 Å². The molecule has 1 aliphatic heterocycles. The number of nitrogens with one attached hydrogen (secondary N) is 1. The predicted molar refractivity (Wildman–Crippen MR) is 99.4 cm³/mol. The third-order valence-electron chi connectivity index (χ3n) is 4.89. The molecule has 0 aliphatic carbocycles. The van der Waals surface area contributed by atoms with Gasteiger partial charge in [-0.1, -0.05) is 30.3 Å². The van der Waals surface area contributed by atoms with Crippen LogP contribution in [0.2, 0.25) is 0 Å². The Morgan fingerprint density at radius 2 is 1.73 bits per heavy atom. The molecule has 0 bridgehead atoms. The third-order valence-corrected chi connectivity index (χ3v) is 4.89. The molecule has 3 rings (SSSR count). The van der Waals surface area contributed by atoms with E-state index in [9.17, 15) is 14.4 Å². The van der Waals surface area contributed by atoms with E-state index in [1.165, 1.54) is 0 Å². The zero-order valence-corrected chi connectivity index (χ0v) is 14.6. The van der Waals surface area contributed by atoms with Crippen molar-refractivity contribution in [1.82, 2.24) is 10.2 Å². The zero-order chi connectivity index (χ0) is 18.5. The fourth-order valence-corrected chi connectivity index (χ4v) is 3.29. The van der Waals surface area contributed by atoms with Crippen molar-refractivity contribution in [2.75, 3.05) is 19.6 Å². The standard InChI is InChI=1S/C20H23N3O3/c21-19(25)15-8-11-23(12-9-15)18(24)7-10-22-20(26)17-6-5-14-3-1-2-4-16(14)13-17/h1-6,13,15H,7-12H2,(H2,21,25)(H,22,26). The molecule has 0 saturated carbocycles. The van der Waals surface area contributed by atoms with E-state index in [1.807, 2.05) is 36.4 Å². The molecule has 0 atom stereocenters. The van der Waals surface area contributed by atoms with Crippen molar-refractivity contribution in [3.63, 3.8) is 0 Å². The first-order chi connectivity index (χ1) is 12.5. The van der Waals surface area contributed by atoms with Crippen LogP contribution in [-0.4, -0.2) is 42.3 Å². The highest BCUT2D eigenvalue weighted by Crippen LogP contribution is 2.17. The van der Waals surface area contributed by atoms with Crippen molar-refractivity contribution in [1.29, 1.82) is 0 Å². The van der Waals surface area contributed by atoms with Gasteiger partial charge in [-0.2, -0.15) is 0 Å². The lowest BCUT2D eigenvalue weighted by atomic mass is 9.96. The van der Waals surface area contributed by atoms with Gasteiger partial charge in [-0.25, -0.2) is 0 Å². The Kier molecular flexibility index (Phi) is 5.51. The number of hydrogen-bond donors (Lipinski definition) is 2. The molecule has 3 amide bonds. The highest BCUT2D eigenvalue weighted by molar-refractivity contribution is 5.98. The number of nitrogens with two attached hydrogens (primary N) is 1. The van der Waals surface area contributed by atoms with Gasteiger partial charge in [-0.05, 0) is 35.7 Å². The van der Waals surface area contributed by atoms with Crippen LogP contribution < -0.4 is 11.1 Å². The van der Waals surface area contributed by atoms with Crippen molar-refractivity contribution in [2.24, 2.45) is 11.7 Å². The molecule has 0 unspecified atom stereocenters. The summed E-state index contributed by atoms with van der Waals surface area (Å²) in [5.41, 5.74) is 5.88. The molecule has 1 aliphatic rings. The summed E-state index contributed by atoms with van der Waals surface area (Å²) in [5, 5.41) is 4.89. The lowest BCUT2D eigenvalue weighted by Gasteiger charge is -2.30. The van der Waals surface area contributed by atoms with E-state index in [0.29, 0.717) is 38.0 Å². The van der Waals surface area contributed by atoms with E-state index in [4.69, 9.17) is 5.73 Å². The van der Waals surface area contributed by atoms with Crippen LogP contribution >= 0.6 is 0 Å². The molecule has 6 heteroatoms. The smallest absolute Gasteiger partial charge is 0.251 e. The molecule has 2 aromatic rings. The summed E-state index contributed by atoms with van der Waals surface area (Å²) in [7, 11) is 0. The summed E-state index contributed by atoms with van der Waals surface area (Å²) >= 11 is 0. The Morgan fingerprint density at radius 3 is 2.42 bits per heavy atom. The lowest BCUT2D eigenvalue weighted by molar-refractivity contribution is -0.134. The highest BCUT2D eigenvalue weighted by Gasteiger charge is 2.25. The average Bonchev–Trinajstić information content (AvgIpc) is 2.67. The van der Waals surface area contributed by atoms with Crippen LogP contribution in [-0.2, 0) is 9.59 Å². The Labute approximate surface area is 152 Å². The van der Waals surface area contributed by atoms with E-state index in [0.717, 1.165) is 10.8 Å². The second-order valence-electron chi connectivity index (χ2n) is 6.63. The van der Waals surface area contributed by atoms with Crippen LogP contribution in [0.15, 0.2) is 42.5 Å². The van der Waals surface area contributed by atoms with Gasteiger partial charge in [-0.15, -0.1) is 0 Å². The number of hydrogen-bond acceptors (Lipinski definition) is 3. The van der Waals surface area contributed by atoms with Crippen molar-refractivity contribution < 1.29 is 14.4 Å². The van der Waals surface area contributed by atoms with Crippen molar-refractivity contribution >= 4 is 28.5 Å². The molecule has 6 nitrogen and oxygen atoms in total. The van der Waals surface area contributed by atoms with Gasteiger partial charge in [0.2, 0.25) is 11.8 Å². The number of likely N-dealkylation sites (tertiary alicyclic amines) is 1. The van der Waals surface area contributed by atoms with Crippen molar-refractivity contribution in [2.45, 2.75) is 19.3 Å². The van der Waals surface area contributed by atoms with Crippen molar-refractivity contribution in [3.8, 4) is 0 Å². The maximum absolute atomic E-state index is 12.3. The quantitative estimate of drug-likeness (QED) is 0.856. The van der Waals surface area contributed by atoms with Crippen LogP contribution in [0.25, 0.3) is 10.8 Å². The predicted octanol–water partition coefficient (Wildman–Crippen LogP) is 1.68. The van der Waals surface area contributed by atoms with Crippen molar-refractivity contribution in [3.05, 3.63) is 48.0 Å². The summed E-state index contributed by atoms with van der Waals surface area (Å²) in [6, 6.07) is 13.4. The Hall–Kier alpha value is -2.89. The molecule has 1 fully saturated rings. The van der Waals surface area contributed by atoms with Gasteiger partial charge in [0.25, 0.3) is 5.91 Å². The fourth-order valence-electron chi connectivity index (χ4n) is 3.29. The molecule has 2 aromatic carbocycles. The van der Waals surface area contributed by atoms with Gasteiger partial charge in [0.15, 0.2) is 0 Å². The van der Waals surface area contributed by atoms with Crippen LogP contribution in [0.4, 0.5) is 0 Å². The maximum atomic E-state index is 12.3. The maximum Gasteiger partial charge on any atom is 0.251 e. The second kappa shape index (κ2) is 7.99. The molecule has 0 spiro atoms. The number of rotatable bonds is 5. The SMILES string of the molecule is NC(=O)C1CCN(C(=O)CCNC(=O)c2ccc3ccccc3c2)CC1. The monoisotopic (exact) mass is 353 g/mol. The summed E-state index contributed by atoms with van der Waals surface area (Å²) < 4.78 is 0. The number of piperidine rings is 1.